The largest absolute Gasteiger partial charge is 0.506 e. The fourth-order valence-corrected chi connectivity index (χ4v) is 3.59. The molecule has 0 aliphatic heterocycles. The topological polar surface area (TPSA) is 83.6 Å². The van der Waals surface area contributed by atoms with E-state index >= 15 is 0 Å². The number of hydrogen-bond donors (Lipinski definition) is 2. The summed E-state index contributed by atoms with van der Waals surface area (Å²) in [6.07, 6.45) is 4.11. The highest BCUT2D eigenvalue weighted by Crippen LogP contribution is 2.44. The Balaban J connectivity index is 2.22. The number of fused-ring (bicyclic) bond motifs is 1. The van der Waals surface area contributed by atoms with Crippen LogP contribution in [0, 0.1) is 6.92 Å². The molecule has 0 saturated carbocycles. The Kier molecular flexibility index (Phi) is 3.49. The Morgan fingerprint density at radius 3 is 2.62 bits per heavy atom. The summed E-state index contributed by atoms with van der Waals surface area (Å²) in [5, 5.41) is 23.2. The van der Waals surface area contributed by atoms with Gasteiger partial charge in [-0.15, -0.1) is 0 Å². The minimum atomic E-state index is -1.18. The number of aromatic hydroxyl groups is 1. The molecule has 110 valence electrons. The molecule has 0 saturated heterocycles. The van der Waals surface area contributed by atoms with Crippen LogP contribution in [0.1, 0.15) is 40.1 Å². The molecule has 1 aliphatic rings. The van der Waals surface area contributed by atoms with Crippen molar-refractivity contribution in [1.82, 2.24) is 5.16 Å². The van der Waals surface area contributed by atoms with Crippen molar-refractivity contribution >= 4 is 21.9 Å². The van der Waals surface area contributed by atoms with E-state index in [-0.39, 0.29) is 11.5 Å². The van der Waals surface area contributed by atoms with Crippen LogP contribution in [0.3, 0.4) is 0 Å². The van der Waals surface area contributed by atoms with Crippen molar-refractivity contribution < 1.29 is 19.5 Å². The van der Waals surface area contributed by atoms with E-state index in [2.05, 4.69) is 21.1 Å². The van der Waals surface area contributed by atoms with E-state index in [1.165, 1.54) is 11.6 Å². The van der Waals surface area contributed by atoms with E-state index < -0.39 is 5.97 Å². The summed E-state index contributed by atoms with van der Waals surface area (Å²) in [4.78, 5) is 10.9. The van der Waals surface area contributed by atoms with Crippen LogP contribution in [-0.4, -0.2) is 21.3 Å². The first-order valence-corrected chi connectivity index (χ1v) is 7.53. The summed E-state index contributed by atoms with van der Waals surface area (Å²) >= 11 is 3.46. The number of phenols is 1. The minimum absolute atomic E-state index is 0.0957. The number of halogens is 1. The molecule has 0 fully saturated rings. The summed E-state index contributed by atoms with van der Waals surface area (Å²) in [5.74, 6) is -1.32. The van der Waals surface area contributed by atoms with Crippen LogP contribution in [0.5, 0.6) is 5.75 Å². The van der Waals surface area contributed by atoms with Crippen molar-refractivity contribution in [2.75, 3.05) is 0 Å². The molecule has 2 N–H and O–H groups in total. The Labute approximate surface area is 129 Å². The van der Waals surface area contributed by atoms with Crippen molar-refractivity contribution in [1.29, 1.82) is 0 Å². The molecular formula is C15H14BrNO4. The molecule has 1 aliphatic carbocycles. The van der Waals surface area contributed by atoms with Crippen LogP contribution in [0.25, 0.3) is 11.3 Å². The van der Waals surface area contributed by atoms with Crippen molar-refractivity contribution in [2.24, 2.45) is 0 Å². The number of carboxylic acid groups (broad SMARTS) is 1. The zero-order valence-electron chi connectivity index (χ0n) is 11.4. The number of rotatable bonds is 2. The third-order valence-electron chi connectivity index (χ3n) is 3.98. The third kappa shape index (κ3) is 2.23. The highest BCUT2D eigenvalue weighted by atomic mass is 79.9. The predicted molar refractivity (Wildman–Crippen MR) is 79.6 cm³/mol. The SMILES string of the molecule is Cc1c2c(c(Br)c(O)c1-c1cc(C(=O)O)on1)CCCC2. The van der Waals surface area contributed by atoms with E-state index in [0.29, 0.717) is 15.7 Å². The van der Waals surface area contributed by atoms with Gasteiger partial charge in [0.2, 0.25) is 5.76 Å². The fraction of sp³-hybridized carbons (Fsp3) is 0.333. The molecule has 21 heavy (non-hydrogen) atoms. The standard InChI is InChI=1S/C15H14BrNO4/c1-7-8-4-2-3-5-9(8)13(16)14(18)12(7)10-6-11(15(19)20)21-17-10/h6,18H,2-5H2,1H3,(H,19,20). The number of carbonyl (C=O) groups is 1. The van der Waals surface area contributed by atoms with Gasteiger partial charge in [-0.3, -0.25) is 0 Å². The van der Waals surface area contributed by atoms with Crippen LogP contribution in [-0.2, 0) is 12.8 Å². The molecule has 0 bridgehead atoms. The maximum atomic E-state index is 10.9. The number of phenolic OH excluding ortho intramolecular Hbond substituents is 1. The molecule has 6 heteroatoms. The molecule has 0 radical (unpaired) electrons. The molecular weight excluding hydrogens is 338 g/mol. The first-order valence-electron chi connectivity index (χ1n) is 6.74. The Hall–Kier alpha value is -1.82. The number of aromatic nitrogens is 1. The molecule has 0 atom stereocenters. The van der Waals surface area contributed by atoms with E-state index in [0.717, 1.165) is 36.8 Å². The Morgan fingerprint density at radius 2 is 2.00 bits per heavy atom. The van der Waals surface area contributed by atoms with Gasteiger partial charge in [0.1, 0.15) is 11.4 Å². The Bertz CT molecular complexity index is 736. The molecule has 1 aromatic heterocycles. The van der Waals surface area contributed by atoms with Crippen LogP contribution >= 0.6 is 15.9 Å². The maximum absolute atomic E-state index is 10.9. The second-order valence-electron chi connectivity index (χ2n) is 5.21. The van der Waals surface area contributed by atoms with Gasteiger partial charge in [-0.1, -0.05) is 5.16 Å². The second kappa shape index (κ2) is 5.18. The third-order valence-corrected chi connectivity index (χ3v) is 4.84. The van der Waals surface area contributed by atoms with Gasteiger partial charge >= 0.3 is 5.97 Å². The first-order chi connectivity index (χ1) is 10.0. The average Bonchev–Trinajstić information content (AvgIpc) is 2.95. The lowest BCUT2D eigenvalue weighted by molar-refractivity contribution is 0.0652. The molecule has 1 aromatic carbocycles. The summed E-state index contributed by atoms with van der Waals surface area (Å²) in [7, 11) is 0. The van der Waals surface area contributed by atoms with E-state index in [1.54, 1.807) is 0 Å². The number of hydrogen-bond acceptors (Lipinski definition) is 4. The van der Waals surface area contributed by atoms with E-state index in [4.69, 9.17) is 9.63 Å². The van der Waals surface area contributed by atoms with Crippen molar-refractivity contribution in [3.05, 3.63) is 33.0 Å². The second-order valence-corrected chi connectivity index (χ2v) is 6.00. The molecule has 0 spiro atoms. The molecule has 3 rings (SSSR count). The summed E-state index contributed by atoms with van der Waals surface area (Å²) in [6, 6.07) is 1.34. The van der Waals surface area contributed by atoms with Crippen LogP contribution < -0.4 is 0 Å². The normalized spacial score (nSPS) is 14.0. The summed E-state index contributed by atoms with van der Waals surface area (Å²) < 4.78 is 5.48. The predicted octanol–water partition coefficient (Wildman–Crippen LogP) is 3.70. The van der Waals surface area contributed by atoms with Gasteiger partial charge < -0.3 is 14.7 Å². The van der Waals surface area contributed by atoms with Gasteiger partial charge in [0.25, 0.3) is 0 Å². The summed E-state index contributed by atoms with van der Waals surface area (Å²) in [6.45, 7) is 1.93. The monoisotopic (exact) mass is 351 g/mol. The molecule has 1 heterocycles. The van der Waals surface area contributed by atoms with Gasteiger partial charge in [0.05, 0.1) is 4.47 Å². The number of carboxylic acids is 1. The van der Waals surface area contributed by atoms with Crippen LogP contribution in [0.2, 0.25) is 0 Å². The maximum Gasteiger partial charge on any atom is 0.374 e. The van der Waals surface area contributed by atoms with Gasteiger partial charge in [-0.25, -0.2) is 4.79 Å². The molecule has 0 unspecified atom stereocenters. The lowest BCUT2D eigenvalue weighted by Gasteiger charge is -2.22. The highest BCUT2D eigenvalue weighted by molar-refractivity contribution is 9.10. The quantitative estimate of drug-likeness (QED) is 0.861. The van der Waals surface area contributed by atoms with Gasteiger partial charge in [-0.05, 0) is 65.2 Å². The van der Waals surface area contributed by atoms with Gasteiger partial charge in [0, 0.05) is 11.6 Å². The molecule has 5 nitrogen and oxygen atoms in total. The summed E-state index contributed by atoms with van der Waals surface area (Å²) in [5.41, 5.74) is 4.17. The van der Waals surface area contributed by atoms with E-state index in [1.807, 2.05) is 6.92 Å². The highest BCUT2D eigenvalue weighted by Gasteiger charge is 2.25. The number of benzene rings is 1. The van der Waals surface area contributed by atoms with Gasteiger partial charge in [-0.2, -0.15) is 0 Å². The van der Waals surface area contributed by atoms with Crippen LogP contribution in [0.4, 0.5) is 0 Å². The first kappa shape index (κ1) is 14.1. The smallest absolute Gasteiger partial charge is 0.374 e. The lowest BCUT2D eigenvalue weighted by Crippen LogP contribution is -2.07. The van der Waals surface area contributed by atoms with E-state index in [9.17, 15) is 9.90 Å². The van der Waals surface area contributed by atoms with Gasteiger partial charge in [0.15, 0.2) is 0 Å². The zero-order chi connectivity index (χ0) is 15.1. The molecule has 0 amide bonds. The van der Waals surface area contributed by atoms with Crippen LogP contribution in [0.15, 0.2) is 15.1 Å². The lowest BCUT2D eigenvalue weighted by atomic mass is 9.85. The Morgan fingerprint density at radius 1 is 1.33 bits per heavy atom. The van der Waals surface area contributed by atoms with Crippen molar-refractivity contribution in [3.63, 3.8) is 0 Å². The number of nitrogens with zero attached hydrogens (tertiary/aromatic N) is 1. The number of aromatic carboxylic acids is 1. The fourth-order valence-electron chi connectivity index (χ4n) is 2.95. The average molecular weight is 352 g/mol. The van der Waals surface area contributed by atoms with Crippen molar-refractivity contribution in [2.45, 2.75) is 32.6 Å². The zero-order valence-corrected chi connectivity index (χ0v) is 13.0. The minimum Gasteiger partial charge on any atom is -0.506 e. The molecule has 2 aromatic rings. The van der Waals surface area contributed by atoms with Crippen molar-refractivity contribution in [3.8, 4) is 17.0 Å².